The van der Waals surface area contributed by atoms with E-state index in [1.165, 1.54) is 27.6 Å². The number of hydrogen-bond acceptors (Lipinski definition) is 5. The molecule has 0 radical (unpaired) electrons. The van der Waals surface area contributed by atoms with Crippen LogP contribution in [0.5, 0.6) is 5.75 Å². The fraction of sp³-hybridized carbons (Fsp3) is 0.394. The van der Waals surface area contributed by atoms with Crippen molar-refractivity contribution >= 4 is 44.6 Å². The van der Waals surface area contributed by atoms with Crippen LogP contribution < -0.4 is 14.5 Å². The van der Waals surface area contributed by atoms with Gasteiger partial charge in [0.1, 0.15) is 16.4 Å². The molecule has 4 rings (SSSR count). The van der Waals surface area contributed by atoms with Crippen LogP contribution in [0.4, 0.5) is 11.4 Å². The largest absolute Gasteiger partial charge is 0.491 e. The van der Waals surface area contributed by atoms with Gasteiger partial charge in [0.05, 0.1) is 17.2 Å². The molecule has 42 heavy (non-hydrogen) atoms. The topological polar surface area (TPSA) is 53.1 Å². The second-order valence-electron chi connectivity index (χ2n) is 11.5. The molecule has 9 heteroatoms. The molecule has 0 atom stereocenters. The van der Waals surface area contributed by atoms with E-state index in [4.69, 9.17) is 27.9 Å². The fourth-order valence-electron chi connectivity index (χ4n) is 5.98. The predicted molar refractivity (Wildman–Crippen MR) is 176 cm³/mol. The lowest BCUT2D eigenvalue weighted by atomic mass is 10.0. The van der Waals surface area contributed by atoms with Crippen LogP contribution in [-0.2, 0) is 10.0 Å². The Morgan fingerprint density at radius 2 is 1.26 bits per heavy atom. The molecule has 6 nitrogen and oxygen atoms in total. The fourth-order valence-corrected chi connectivity index (χ4v) is 7.40. The molecule has 1 aliphatic rings. The smallest absolute Gasteiger partial charge is 0.263 e. The third-order valence-electron chi connectivity index (χ3n) is 7.46. The lowest BCUT2D eigenvalue weighted by Gasteiger charge is -2.31. The maximum atomic E-state index is 14.0. The van der Waals surface area contributed by atoms with Gasteiger partial charge < -0.3 is 14.5 Å². The maximum absolute atomic E-state index is 14.0. The van der Waals surface area contributed by atoms with Gasteiger partial charge >= 0.3 is 0 Å². The van der Waals surface area contributed by atoms with Gasteiger partial charge in [0.15, 0.2) is 0 Å². The summed E-state index contributed by atoms with van der Waals surface area (Å²) >= 11 is 12.5. The maximum Gasteiger partial charge on any atom is 0.263 e. The Kier molecular flexibility index (Phi) is 9.46. The second kappa shape index (κ2) is 12.4. The summed E-state index contributed by atoms with van der Waals surface area (Å²) in [5, 5.41) is 0. The standard InChI is InChI=1S/C33H41Cl2N3O3S/c1-20(2)41-29-11-10-27(18-28(29)33(34)35)42(39,40)36(9)19-30-37(31-23(5)14-21(3)15-24(31)6)12-13-38(30)32-25(7)16-22(4)17-26(32)8/h10-11,14-20,33H,12-13H2,1-9H3. The Morgan fingerprint density at radius 3 is 1.67 bits per heavy atom. The summed E-state index contributed by atoms with van der Waals surface area (Å²) in [6.45, 7) is 17.8. The first-order valence-electron chi connectivity index (χ1n) is 14.1. The molecule has 0 spiro atoms. The summed E-state index contributed by atoms with van der Waals surface area (Å²) in [7, 11) is -2.39. The van der Waals surface area contributed by atoms with E-state index in [9.17, 15) is 8.42 Å². The van der Waals surface area contributed by atoms with Crippen LogP contribution in [0.25, 0.3) is 0 Å². The molecule has 0 N–H and O–H groups in total. The third kappa shape index (κ3) is 6.38. The lowest BCUT2D eigenvalue weighted by molar-refractivity contribution is 0.240. The van der Waals surface area contributed by atoms with Crippen molar-refractivity contribution in [2.75, 3.05) is 29.9 Å². The minimum absolute atomic E-state index is 0.0840. The van der Waals surface area contributed by atoms with Gasteiger partial charge in [-0.2, -0.15) is 0 Å². The average Bonchev–Trinajstić information content (AvgIpc) is 3.24. The molecule has 0 bridgehead atoms. The first-order valence-corrected chi connectivity index (χ1v) is 16.4. The van der Waals surface area contributed by atoms with E-state index >= 15 is 0 Å². The molecule has 1 aliphatic heterocycles. The number of ether oxygens (including phenoxy) is 1. The highest BCUT2D eigenvalue weighted by molar-refractivity contribution is 7.89. The van der Waals surface area contributed by atoms with E-state index in [2.05, 4.69) is 75.6 Å². The van der Waals surface area contributed by atoms with Crippen LogP contribution >= 0.6 is 23.2 Å². The van der Waals surface area contributed by atoms with Crippen molar-refractivity contribution < 1.29 is 13.2 Å². The molecule has 3 aromatic carbocycles. The molecule has 0 unspecified atom stereocenters. The summed E-state index contributed by atoms with van der Waals surface area (Å²) in [6.07, 6.45) is 1.60. The van der Waals surface area contributed by atoms with E-state index in [1.54, 1.807) is 19.3 Å². The third-order valence-corrected chi connectivity index (χ3v) is 9.65. The van der Waals surface area contributed by atoms with Gasteiger partial charge in [0.2, 0.25) is 0 Å². The Morgan fingerprint density at radius 1 is 0.810 bits per heavy atom. The Bertz CT molecular complexity index is 1520. The number of halogens is 2. The molecule has 0 aromatic heterocycles. The highest BCUT2D eigenvalue weighted by Crippen LogP contribution is 2.39. The van der Waals surface area contributed by atoms with E-state index in [0.717, 1.165) is 39.4 Å². The van der Waals surface area contributed by atoms with E-state index in [0.29, 0.717) is 24.4 Å². The molecular formula is C33H41Cl2N3O3S. The SMILES string of the molecule is Cc1cc(C)c(N2CCN(c3c(C)cc(C)cc3C)C2=CN(C)S(=O)(=O)c2ccc(OC(C)C)c(C(Cl)Cl)c2)c(C)c1. The zero-order valence-corrected chi connectivity index (χ0v) is 28.2. The van der Waals surface area contributed by atoms with Crippen LogP contribution in [0, 0.1) is 41.5 Å². The summed E-state index contributed by atoms with van der Waals surface area (Å²) in [5.74, 6) is 1.25. The van der Waals surface area contributed by atoms with Gasteiger partial charge in [-0.1, -0.05) is 58.6 Å². The van der Waals surface area contributed by atoms with Crippen molar-refractivity contribution in [1.82, 2.24) is 4.31 Å². The molecule has 1 fully saturated rings. The quantitative estimate of drug-likeness (QED) is 0.235. The normalized spacial score (nSPS) is 13.9. The van der Waals surface area contributed by atoms with Crippen molar-refractivity contribution in [3.63, 3.8) is 0 Å². The number of rotatable bonds is 8. The van der Waals surface area contributed by atoms with E-state index in [-0.39, 0.29) is 11.0 Å². The predicted octanol–water partition coefficient (Wildman–Crippen LogP) is 8.25. The summed E-state index contributed by atoms with van der Waals surface area (Å²) in [6, 6.07) is 13.3. The molecule has 0 aliphatic carbocycles. The van der Waals surface area contributed by atoms with Crippen LogP contribution in [0.2, 0.25) is 0 Å². The Hall–Kier alpha value is -2.87. The highest BCUT2D eigenvalue weighted by Gasteiger charge is 2.33. The Labute approximate surface area is 261 Å². The van der Waals surface area contributed by atoms with E-state index in [1.807, 2.05) is 13.8 Å². The Balaban J connectivity index is 1.86. The van der Waals surface area contributed by atoms with Gasteiger partial charge in [-0.05, 0) is 95.8 Å². The van der Waals surface area contributed by atoms with Gasteiger partial charge in [-0.3, -0.25) is 4.31 Å². The van der Waals surface area contributed by atoms with Crippen molar-refractivity contribution in [1.29, 1.82) is 0 Å². The molecule has 226 valence electrons. The molecule has 0 saturated carbocycles. The molecule has 1 saturated heterocycles. The average molecular weight is 631 g/mol. The molecule has 1 heterocycles. The minimum Gasteiger partial charge on any atom is -0.491 e. The zero-order valence-electron chi connectivity index (χ0n) is 25.9. The molecular weight excluding hydrogens is 589 g/mol. The zero-order chi connectivity index (χ0) is 31.1. The van der Waals surface area contributed by atoms with Gasteiger partial charge in [0, 0.05) is 37.1 Å². The van der Waals surface area contributed by atoms with Crippen LogP contribution in [-0.4, -0.2) is 39.0 Å². The molecule has 0 amide bonds. The highest BCUT2D eigenvalue weighted by atomic mass is 35.5. The van der Waals surface area contributed by atoms with Gasteiger partial charge in [-0.25, -0.2) is 8.42 Å². The number of aryl methyl sites for hydroxylation is 6. The lowest BCUT2D eigenvalue weighted by Crippen LogP contribution is -2.30. The van der Waals surface area contributed by atoms with Crippen LogP contribution in [0.15, 0.2) is 59.4 Å². The van der Waals surface area contributed by atoms with Gasteiger partial charge in [0.25, 0.3) is 10.0 Å². The number of nitrogens with zero attached hydrogens (tertiary/aromatic N) is 3. The number of benzene rings is 3. The number of anilines is 2. The number of alkyl halides is 2. The summed E-state index contributed by atoms with van der Waals surface area (Å²) in [5.41, 5.74) is 9.55. The van der Waals surface area contributed by atoms with Gasteiger partial charge in [-0.15, -0.1) is 0 Å². The van der Waals surface area contributed by atoms with E-state index < -0.39 is 14.9 Å². The van der Waals surface area contributed by atoms with Crippen LogP contribution in [0.3, 0.4) is 0 Å². The van der Waals surface area contributed by atoms with Crippen molar-refractivity contribution in [3.05, 3.63) is 93.4 Å². The van der Waals surface area contributed by atoms with Crippen LogP contribution in [0.1, 0.15) is 57.6 Å². The second-order valence-corrected chi connectivity index (χ2v) is 14.6. The monoisotopic (exact) mass is 629 g/mol. The van der Waals surface area contributed by atoms with Crippen molar-refractivity contribution in [2.24, 2.45) is 0 Å². The molecule has 3 aromatic rings. The first-order chi connectivity index (χ1) is 19.6. The summed E-state index contributed by atoms with van der Waals surface area (Å²) in [4.78, 5) is 3.60. The van der Waals surface area contributed by atoms with Crippen molar-refractivity contribution in [2.45, 2.75) is 71.2 Å². The summed E-state index contributed by atoms with van der Waals surface area (Å²) < 4.78 is 35.1. The van der Waals surface area contributed by atoms with Crippen molar-refractivity contribution in [3.8, 4) is 5.75 Å². The first kappa shape index (κ1) is 32.1. The number of sulfonamides is 1. The number of hydrogen-bond donors (Lipinski definition) is 0. The minimum atomic E-state index is -3.96.